The molecule has 88 valence electrons. The van der Waals surface area contributed by atoms with Crippen LogP contribution in [0.4, 0.5) is 0 Å². The molecule has 0 radical (unpaired) electrons. The van der Waals surface area contributed by atoms with E-state index < -0.39 is 0 Å². The van der Waals surface area contributed by atoms with E-state index in [1.54, 1.807) is 0 Å². The second-order valence-electron chi connectivity index (χ2n) is 4.27. The quantitative estimate of drug-likeness (QED) is 0.677. The van der Waals surface area contributed by atoms with E-state index in [0.717, 1.165) is 19.6 Å². The Morgan fingerprint density at radius 3 is 3.19 bits per heavy atom. The summed E-state index contributed by atoms with van der Waals surface area (Å²) in [6.45, 7) is 3.68. The van der Waals surface area contributed by atoms with Crippen molar-refractivity contribution in [2.24, 2.45) is 5.92 Å². The first-order valence-corrected chi connectivity index (χ1v) is 6.71. The summed E-state index contributed by atoms with van der Waals surface area (Å²) in [4.78, 5) is 5.19. The molecular weight excluding hydrogens is 266 g/mol. The number of hydrogen-bond donors (Lipinski definition) is 1. The van der Waals surface area contributed by atoms with Crippen molar-refractivity contribution in [3.8, 4) is 0 Å². The Morgan fingerprint density at radius 2 is 2.38 bits per heavy atom. The van der Waals surface area contributed by atoms with Gasteiger partial charge < -0.3 is 4.84 Å². The van der Waals surface area contributed by atoms with E-state index in [9.17, 15) is 0 Å². The molecule has 1 aliphatic rings. The number of hydrogen-bond acceptors (Lipinski definition) is 2. The number of nitrogens with one attached hydrogen (secondary N) is 1. The van der Waals surface area contributed by atoms with E-state index in [2.05, 4.69) is 39.6 Å². The second-order valence-corrected chi connectivity index (χ2v) is 5.12. The largest absolute Gasteiger partial charge is 0.302 e. The van der Waals surface area contributed by atoms with Crippen LogP contribution in [0.1, 0.15) is 24.5 Å². The molecule has 0 bridgehead atoms. The summed E-state index contributed by atoms with van der Waals surface area (Å²) < 4.78 is 1.26. The van der Waals surface area contributed by atoms with Crippen LogP contribution in [-0.4, -0.2) is 13.2 Å². The summed E-state index contributed by atoms with van der Waals surface area (Å²) >= 11 is 3.64. The standard InChI is InChI=1S/C13H18BrNO/c1-2-16-15-9-10-6-7-11-4-3-5-13(14)12(11)8-10/h3-5,10,15H,2,6-9H2,1H3. The number of hydroxylamine groups is 1. The average molecular weight is 284 g/mol. The predicted octanol–water partition coefficient (Wildman–Crippen LogP) is 3.10. The van der Waals surface area contributed by atoms with Crippen molar-refractivity contribution in [1.82, 2.24) is 5.48 Å². The molecule has 2 nitrogen and oxygen atoms in total. The van der Waals surface area contributed by atoms with Gasteiger partial charge in [0.15, 0.2) is 0 Å². The highest BCUT2D eigenvalue weighted by Crippen LogP contribution is 2.30. The van der Waals surface area contributed by atoms with E-state index in [1.807, 2.05) is 6.92 Å². The molecule has 0 amide bonds. The van der Waals surface area contributed by atoms with Gasteiger partial charge in [0.25, 0.3) is 0 Å². The fourth-order valence-electron chi connectivity index (χ4n) is 2.27. The highest BCUT2D eigenvalue weighted by Gasteiger charge is 2.19. The molecule has 3 heteroatoms. The van der Waals surface area contributed by atoms with Gasteiger partial charge in [0.05, 0.1) is 6.61 Å². The van der Waals surface area contributed by atoms with E-state index in [4.69, 9.17) is 4.84 Å². The fourth-order valence-corrected chi connectivity index (χ4v) is 2.84. The Hall–Kier alpha value is -0.380. The fraction of sp³-hybridized carbons (Fsp3) is 0.538. The Morgan fingerprint density at radius 1 is 1.50 bits per heavy atom. The normalized spacial score (nSPS) is 19.5. The Kier molecular flexibility index (Phi) is 4.38. The number of fused-ring (bicyclic) bond motifs is 1. The number of benzene rings is 1. The van der Waals surface area contributed by atoms with Gasteiger partial charge in [0.1, 0.15) is 0 Å². The minimum absolute atomic E-state index is 0.692. The lowest BCUT2D eigenvalue weighted by Crippen LogP contribution is -2.27. The molecule has 0 saturated carbocycles. The van der Waals surface area contributed by atoms with E-state index >= 15 is 0 Å². The molecule has 1 atom stereocenters. The monoisotopic (exact) mass is 283 g/mol. The van der Waals surface area contributed by atoms with Gasteiger partial charge in [0, 0.05) is 11.0 Å². The first-order chi connectivity index (χ1) is 7.81. The maximum atomic E-state index is 5.19. The maximum absolute atomic E-state index is 5.19. The number of aryl methyl sites for hydroxylation is 1. The van der Waals surface area contributed by atoms with Gasteiger partial charge in [0.2, 0.25) is 0 Å². The average Bonchev–Trinajstić information content (AvgIpc) is 2.30. The van der Waals surface area contributed by atoms with Crippen LogP contribution in [0.5, 0.6) is 0 Å². The molecule has 2 rings (SSSR count). The molecule has 0 spiro atoms. The second kappa shape index (κ2) is 5.80. The van der Waals surface area contributed by atoms with Crippen LogP contribution in [0.15, 0.2) is 22.7 Å². The molecule has 1 aromatic rings. The SMILES string of the molecule is CCONCC1CCc2cccc(Br)c2C1. The zero-order valence-corrected chi connectivity index (χ0v) is 11.2. The topological polar surface area (TPSA) is 21.3 Å². The summed E-state index contributed by atoms with van der Waals surface area (Å²) in [5, 5.41) is 0. The number of rotatable bonds is 4. The van der Waals surface area contributed by atoms with Crippen molar-refractivity contribution in [1.29, 1.82) is 0 Å². The molecule has 1 unspecified atom stereocenters. The third-order valence-electron chi connectivity index (χ3n) is 3.15. The molecule has 0 saturated heterocycles. The highest BCUT2D eigenvalue weighted by atomic mass is 79.9. The van der Waals surface area contributed by atoms with E-state index in [0.29, 0.717) is 5.92 Å². The third kappa shape index (κ3) is 2.84. The van der Waals surface area contributed by atoms with Gasteiger partial charge in [-0.25, -0.2) is 5.48 Å². The van der Waals surface area contributed by atoms with E-state index in [1.165, 1.54) is 28.4 Å². The zero-order chi connectivity index (χ0) is 11.4. The maximum Gasteiger partial charge on any atom is 0.0653 e. The van der Waals surface area contributed by atoms with Crippen LogP contribution in [0.25, 0.3) is 0 Å². The molecule has 0 heterocycles. The first kappa shape index (κ1) is 12.1. The van der Waals surface area contributed by atoms with Gasteiger partial charge in [-0.15, -0.1) is 0 Å². The summed E-state index contributed by atoms with van der Waals surface area (Å²) in [6.07, 6.45) is 3.59. The highest BCUT2D eigenvalue weighted by molar-refractivity contribution is 9.10. The van der Waals surface area contributed by atoms with Crippen molar-refractivity contribution in [3.05, 3.63) is 33.8 Å². The van der Waals surface area contributed by atoms with Crippen molar-refractivity contribution >= 4 is 15.9 Å². The molecule has 16 heavy (non-hydrogen) atoms. The minimum Gasteiger partial charge on any atom is -0.302 e. The molecule has 0 fully saturated rings. The Bertz CT molecular complexity index is 354. The van der Waals surface area contributed by atoms with Crippen molar-refractivity contribution in [3.63, 3.8) is 0 Å². The first-order valence-electron chi connectivity index (χ1n) is 5.92. The lowest BCUT2D eigenvalue weighted by Gasteiger charge is -2.25. The van der Waals surface area contributed by atoms with Crippen LogP contribution < -0.4 is 5.48 Å². The zero-order valence-electron chi connectivity index (χ0n) is 9.63. The molecule has 1 N–H and O–H groups in total. The number of halogens is 1. The molecule has 0 aliphatic heterocycles. The van der Waals surface area contributed by atoms with Crippen molar-refractivity contribution in [2.45, 2.75) is 26.2 Å². The molecule has 1 aliphatic carbocycles. The summed E-state index contributed by atoms with van der Waals surface area (Å²) in [5.41, 5.74) is 6.03. The smallest absolute Gasteiger partial charge is 0.0653 e. The van der Waals surface area contributed by atoms with Crippen LogP contribution in [-0.2, 0) is 17.7 Å². The van der Waals surface area contributed by atoms with Crippen LogP contribution >= 0.6 is 15.9 Å². The molecular formula is C13H18BrNO. The lowest BCUT2D eigenvalue weighted by atomic mass is 9.84. The Balaban J connectivity index is 1.97. The Labute approximate surface area is 105 Å². The summed E-state index contributed by atoms with van der Waals surface area (Å²) in [6, 6.07) is 6.51. The predicted molar refractivity (Wildman–Crippen MR) is 69.3 cm³/mol. The minimum atomic E-state index is 0.692. The van der Waals surface area contributed by atoms with Gasteiger partial charge in [-0.2, -0.15) is 0 Å². The summed E-state index contributed by atoms with van der Waals surface area (Å²) in [5.74, 6) is 0.692. The third-order valence-corrected chi connectivity index (χ3v) is 3.89. The van der Waals surface area contributed by atoms with Crippen molar-refractivity contribution < 1.29 is 4.84 Å². The van der Waals surface area contributed by atoms with Crippen LogP contribution in [0, 0.1) is 5.92 Å². The van der Waals surface area contributed by atoms with Gasteiger partial charge in [-0.3, -0.25) is 0 Å². The van der Waals surface area contributed by atoms with E-state index in [-0.39, 0.29) is 0 Å². The van der Waals surface area contributed by atoms with Gasteiger partial charge in [-0.05, 0) is 49.3 Å². The van der Waals surface area contributed by atoms with Crippen molar-refractivity contribution in [2.75, 3.05) is 13.2 Å². The lowest BCUT2D eigenvalue weighted by molar-refractivity contribution is 0.0401. The molecule has 1 aromatic carbocycles. The van der Waals surface area contributed by atoms with Crippen LogP contribution in [0.2, 0.25) is 0 Å². The van der Waals surface area contributed by atoms with Gasteiger partial charge in [-0.1, -0.05) is 28.1 Å². The summed E-state index contributed by atoms with van der Waals surface area (Å²) in [7, 11) is 0. The van der Waals surface area contributed by atoms with Crippen LogP contribution in [0.3, 0.4) is 0 Å². The van der Waals surface area contributed by atoms with Gasteiger partial charge >= 0.3 is 0 Å². The molecule has 0 aromatic heterocycles.